The van der Waals surface area contributed by atoms with E-state index in [2.05, 4.69) is 4.98 Å². The summed E-state index contributed by atoms with van der Waals surface area (Å²) in [6.07, 6.45) is 2.49. The zero-order valence-electron chi connectivity index (χ0n) is 10.8. The van der Waals surface area contributed by atoms with Gasteiger partial charge in [-0.25, -0.2) is 0 Å². The first-order valence-corrected chi connectivity index (χ1v) is 6.06. The van der Waals surface area contributed by atoms with E-state index in [1.54, 1.807) is 29.8 Å². The van der Waals surface area contributed by atoms with Crippen LogP contribution in [-0.2, 0) is 0 Å². The zero-order chi connectivity index (χ0) is 13.9. The van der Waals surface area contributed by atoms with Gasteiger partial charge in [-0.15, -0.1) is 0 Å². The van der Waals surface area contributed by atoms with Crippen LogP contribution in [0.15, 0.2) is 48.7 Å². The highest BCUT2D eigenvalue weighted by Crippen LogP contribution is 2.32. The molecule has 0 spiro atoms. The molecule has 5 heteroatoms. The number of aromatic nitrogens is 2. The topological polar surface area (TPSA) is 52.8 Å². The molecule has 3 rings (SSSR count). The minimum absolute atomic E-state index is 0.260. The van der Waals surface area contributed by atoms with Crippen molar-refractivity contribution < 1.29 is 14.3 Å². The van der Waals surface area contributed by atoms with Crippen LogP contribution in [0.1, 0.15) is 10.5 Å². The molecule has 0 aliphatic heterocycles. The molecule has 0 bridgehead atoms. The van der Waals surface area contributed by atoms with Gasteiger partial charge in [0.25, 0.3) is 0 Å². The molecule has 0 aliphatic carbocycles. The van der Waals surface area contributed by atoms with Crippen LogP contribution in [-0.4, -0.2) is 22.8 Å². The monoisotopic (exact) mass is 268 g/mol. The number of pyridine rings is 1. The van der Waals surface area contributed by atoms with Crippen LogP contribution in [0.2, 0.25) is 0 Å². The molecule has 100 valence electrons. The molecule has 1 aromatic carbocycles. The van der Waals surface area contributed by atoms with Gasteiger partial charge in [0, 0.05) is 6.20 Å². The second-order valence-electron chi connectivity index (χ2n) is 4.10. The molecule has 0 N–H and O–H groups in total. The van der Waals surface area contributed by atoms with Crippen LogP contribution in [0.5, 0.6) is 17.4 Å². The number of ether oxygens (including phenoxy) is 2. The predicted molar refractivity (Wildman–Crippen MR) is 73.6 cm³/mol. The van der Waals surface area contributed by atoms with Crippen molar-refractivity contribution in [3.8, 4) is 17.4 Å². The Morgan fingerprint density at radius 3 is 2.60 bits per heavy atom. The summed E-state index contributed by atoms with van der Waals surface area (Å²) in [4.78, 5) is 15.6. The Kier molecular flexibility index (Phi) is 3.09. The van der Waals surface area contributed by atoms with Gasteiger partial charge >= 0.3 is 0 Å². The summed E-state index contributed by atoms with van der Waals surface area (Å²) >= 11 is 0. The Hall–Kier alpha value is -2.82. The molecule has 0 saturated carbocycles. The van der Waals surface area contributed by atoms with E-state index in [0.29, 0.717) is 22.8 Å². The third-order valence-electron chi connectivity index (χ3n) is 2.92. The van der Waals surface area contributed by atoms with Crippen molar-refractivity contribution in [1.29, 1.82) is 0 Å². The van der Waals surface area contributed by atoms with E-state index < -0.39 is 0 Å². The van der Waals surface area contributed by atoms with Crippen molar-refractivity contribution in [3.05, 3.63) is 54.4 Å². The number of carbonyl (C=O) groups excluding carboxylic acids is 1. The van der Waals surface area contributed by atoms with E-state index in [0.717, 1.165) is 6.29 Å². The normalized spacial score (nSPS) is 10.4. The lowest BCUT2D eigenvalue weighted by Crippen LogP contribution is -1.94. The molecular formula is C15H12N2O3. The molecule has 0 fully saturated rings. The van der Waals surface area contributed by atoms with Crippen molar-refractivity contribution in [2.75, 3.05) is 7.11 Å². The molecule has 0 saturated heterocycles. The van der Waals surface area contributed by atoms with Crippen molar-refractivity contribution >= 4 is 11.9 Å². The Morgan fingerprint density at radius 1 is 1.10 bits per heavy atom. The van der Waals surface area contributed by atoms with Gasteiger partial charge in [-0.3, -0.25) is 9.20 Å². The fraction of sp³-hybridized carbons (Fsp3) is 0.0667. The molecule has 0 aliphatic rings. The summed E-state index contributed by atoms with van der Waals surface area (Å²) in [7, 11) is 1.56. The highest BCUT2D eigenvalue weighted by molar-refractivity contribution is 5.78. The van der Waals surface area contributed by atoms with Crippen LogP contribution in [0, 0.1) is 0 Å². The van der Waals surface area contributed by atoms with Gasteiger partial charge in [-0.05, 0) is 24.3 Å². The maximum Gasteiger partial charge on any atom is 0.249 e. The number of hydrogen-bond donors (Lipinski definition) is 0. The van der Waals surface area contributed by atoms with Gasteiger partial charge in [0.05, 0.1) is 7.11 Å². The SMILES string of the molecule is COc1ccccc1Oc1nc2ccccn2c1C=O. The largest absolute Gasteiger partial charge is 0.493 e. The lowest BCUT2D eigenvalue weighted by Gasteiger charge is -2.07. The zero-order valence-corrected chi connectivity index (χ0v) is 10.8. The second kappa shape index (κ2) is 5.05. The number of nitrogens with zero attached hydrogens (tertiary/aromatic N) is 2. The van der Waals surface area contributed by atoms with Crippen LogP contribution >= 0.6 is 0 Å². The van der Waals surface area contributed by atoms with E-state index in [-0.39, 0.29) is 5.88 Å². The number of methoxy groups -OCH3 is 1. The summed E-state index contributed by atoms with van der Waals surface area (Å²) in [5.41, 5.74) is 1.02. The Labute approximate surface area is 115 Å². The van der Waals surface area contributed by atoms with Gasteiger partial charge < -0.3 is 9.47 Å². The summed E-state index contributed by atoms with van der Waals surface area (Å²) in [5, 5.41) is 0. The average molecular weight is 268 g/mol. The number of imidazole rings is 1. The van der Waals surface area contributed by atoms with Gasteiger partial charge in [0.15, 0.2) is 23.5 Å². The highest BCUT2D eigenvalue weighted by Gasteiger charge is 2.14. The van der Waals surface area contributed by atoms with Crippen LogP contribution in [0.25, 0.3) is 5.65 Å². The third kappa shape index (κ3) is 1.99. The van der Waals surface area contributed by atoms with Gasteiger partial charge in [-0.2, -0.15) is 4.98 Å². The van der Waals surface area contributed by atoms with E-state index in [9.17, 15) is 4.79 Å². The standard InChI is InChI=1S/C15H12N2O3/c1-19-12-6-2-3-7-13(12)20-15-11(10-18)17-9-5-4-8-14(17)16-15/h2-10H,1H3. The highest BCUT2D eigenvalue weighted by atomic mass is 16.5. The smallest absolute Gasteiger partial charge is 0.249 e. The average Bonchev–Trinajstić information content (AvgIpc) is 2.85. The number of fused-ring (bicyclic) bond motifs is 1. The molecule has 3 aromatic rings. The Morgan fingerprint density at radius 2 is 1.85 bits per heavy atom. The van der Waals surface area contributed by atoms with Crippen molar-refractivity contribution in [3.63, 3.8) is 0 Å². The first-order chi connectivity index (χ1) is 9.83. The van der Waals surface area contributed by atoms with E-state index in [1.807, 2.05) is 30.3 Å². The summed E-state index contributed by atoms with van der Waals surface area (Å²) in [6, 6.07) is 12.7. The fourth-order valence-electron chi connectivity index (χ4n) is 1.98. The van der Waals surface area contributed by atoms with Crippen LogP contribution in [0.4, 0.5) is 0 Å². The van der Waals surface area contributed by atoms with Crippen molar-refractivity contribution in [1.82, 2.24) is 9.38 Å². The molecule has 5 nitrogen and oxygen atoms in total. The van der Waals surface area contributed by atoms with Crippen LogP contribution < -0.4 is 9.47 Å². The number of benzene rings is 1. The van der Waals surface area contributed by atoms with Gasteiger partial charge in [0.2, 0.25) is 5.88 Å². The van der Waals surface area contributed by atoms with Crippen molar-refractivity contribution in [2.45, 2.75) is 0 Å². The number of aldehydes is 1. The van der Waals surface area contributed by atoms with Gasteiger partial charge in [0.1, 0.15) is 5.65 Å². The molecule has 20 heavy (non-hydrogen) atoms. The molecular weight excluding hydrogens is 256 g/mol. The second-order valence-corrected chi connectivity index (χ2v) is 4.10. The fourth-order valence-corrected chi connectivity index (χ4v) is 1.98. The summed E-state index contributed by atoms with van der Waals surface area (Å²) < 4.78 is 12.6. The van der Waals surface area contributed by atoms with Crippen LogP contribution in [0.3, 0.4) is 0 Å². The predicted octanol–water partition coefficient (Wildman–Crippen LogP) is 2.95. The number of rotatable bonds is 4. The summed E-state index contributed by atoms with van der Waals surface area (Å²) in [5.74, 6) is 1.36. The minimum Gasteiger partial charge on any atom is -0.493 e. The Bertz CT molecular complexity index is 765. The Balaban J connectivity index is 2.08. The quantitative estimate of drug-likeness (QED) is 0.683. The molecule has 2 aromatic heterocycles. The van der Waals surface area contributed by atoms with Crippen molar-refractivity contribution in [2.24, 2.45) is 0 Å². The summed E-state index contributed by atoms with van der Waals surface area (Å²) in [6.45, 7) is 0. The number of hydrogen-bond acceptors (Lipinski definition) is 4. The van der Waals surface area contributed by atoms with E-state index >= 15 is 0 Å². The van der Waals surface area contributed by atoms with E-state index in [1.165, 1.54) is 0 Å². The van der Waals surface area contributed by atoms with E-state index in [4.69, 9.17) is 9.47 Å². The third-order valence-corrected chi connectivity index (χ3v) is 2.92. The lowest BCUT2D eigenvalue weighted by molar-refractivity contribution is 0.111. The maximum absolute atomic E-state index is 11.3. The van der Waals surface area contributed by atoms with Gasteiger partial charge in [-0.1, -0.05) is 18.2 Å². The number of carbonyl (C=O) groups is 1. The maximum atomic E-state index is 11.3. The molecule has 0 unspecified atom stereocenters. The molecule has 0 atom stereocenters. The lowest BCUT2D eigenvalue weighted by atomic mass is 10.3. The molecule has 0 radical (unpaired) electrons. The first-order valence-electron chi connectivity index (χ1n) is 6.06. The minimum atomic E-state index is 0.260. The molecule has 0 amide bonds. The molecule has 2 heterocycles. The first kappa shape index (κ1) is 12.2. The number of para-hydroxylation sites is 2.